The molecule has 0 spiro atoms. The number of hydrogen-bond donors (Lipinski definition) is 6. The minimum absolute atomic E-state index is 0.0871. The maximum absolute atomic E-state index is 12.0. The van der Waals surface area contributed by atoms with Crippen LogP contribution in [0.5, 0.6) is 5.75 Å². The summed E-state index contributed by atoms with van der Waals surface area (Å²) in [4.78, 5) is 45.9. The van der Waals surface area contributed by atoms with Gasteiger partial charge < -0.3 is 33.0 Å². The van der Waals surface area contributed by atoms with Crippen molar-refractivity contribution in [3.05, 3.63) is 29.8 Å². The largest absolute Gasteiger partial charge is 0.412 e. The number of carbonyl (C=O) groups is 4. The van der Waals surface area contributed by atoms with Crippen molar-refractivity contribution >= 4 is 36.3 Å². The molecule has 3 atom stereocenters. The molecular formula is C18H27N5O5S. The van der Waals surface area contributed by atoms with Crippen LogP contribution in [-0.2, 0) is 20.8 Å². The number of thiol groups is 1. The molecule has 0 unspecified atom stereocenters. The van der Waals surface area contributed by atoms with E-state index in [0.717, 1.165) is 5.56 Å². The number of ketones is 1. The predicted octanol–water partition coefficient (Wildman–Crippen LogP) is -1.16. The summed E-state index contributed by atoms with van der Waals surface area (Å²) in [7, 11) is 0. The predicted molar refractivity (Wildman–Crippen MR) is 110 cm³/mol. The van der Waals surface area contributed by atoms with Gasteiger partial charge in [-0.05, 0) is 30.5 Å². The molecule has 0 aliphatic carbocycles. The van der Waals surface area contributed by atoms with Crippen molar-refractivity contribution in [2.75, 3.05) is 12.3 Å². The van der Waals surface area contributed by atoms with Crippen LogP contribution in [0.2, 0.25) is 0 Å². The summed E-state index contributed by atoms with van der Waals surface area (Å²) >= 11 is 3.98. The first-order valence-electron chi connectivity index (χ1n) is 8.92. The van der Waals surface area contributed by atoms with E-state index >= 15 is 0 Å². The molecular weight excluding hydrogens is 398 g/mol. The molecule has 1 aromatic carbocycles. The summed E-state index contributed by atoms with van der Waals surface area (Å²) < 4.78 is 5.11. The molecule has 0 aliphatic heterocycles. The monoisotopic (exact) mass is 425 g/mol. The van der Waals surface area contributed by atoms with Crippen molar-refractivity contribution in [2.24, 2.45) is 28.9 Å². The van der Waals surface area contributed by atoms with Gasteiger partial charge in [0, 0.05) is 18.7 Å². The second-order valence-corrected chi connectivity index (χ2v) is 6.89. The number of amides is 3. The molecule has 9 N–H and O–H groups in total. The summed E-state index contributed by atoms with van der Waals surface area (Å²) in [5.74, 6) is -1.76. The van der Waals surface area contributed by atoms with Crippen LogP contribution in [0.1, 0.15) is 18.4 Å². The Morgan fingerprint density at radius 3 is 2.14 bits per heavy atom. The SMILES string of the molecule is NC(=O)[C@H](CS)CC(=O)[C@@H](N)CCNC(=O)Oc1ccc(C[C@H](N)C(N)=O)cc1. The Morgan fingerprint density at radius 1 is 1.00 bits per heavy atom. The number of hydrogen-bond acceptors (Lipinski definition) is 8. The summed E-state index contributed by atoms with van der Waals surface area (Å²) in [6.07, 6.45) is -0.347. The van der Waals surface area contributed by atoms with Crippen LogP contribution >= 0.6 is 12.6 Å². The van der Waals surface area contributed by atoms with Crippen LogP contribution in [0.4, 0.5) is 4.79 Å². The molecule has 10 nitrogen and oxygen atoms in total. The molecule has 0 bridgehead atoms. The highest BCUT2D eigenvalue weighted by Gasteiger charge is 2.22. The molecule has 3 amide bonds. The first-order chi connectivity index (χ1) is 13.6. The highest BCUT2D eigenvalue weighted by atomic mass is 32.1. The van der Waals surface area contributed by atoms with Gasteiger partial charge in [0.25, 0.3) is 0 Å². The highest BCUT2D eigenvalue weighted by Crippen LogP contribution is 2.13. The number of ether oxygens (including phenoxy) is 1. The zero-order chi connectivity index (χ0) is 22.0. The topological polar surface area (TPSA) is 194 Å². The van der Waals surface area contributed by atoms with Crippen molar-refractivity contribution in [2.45, 2.75) is 31.3 Å². The number of benzene rings is 1. The maximum Gasteiger partial charge on any atom is 0.412 e. The van der Waals surface area contributed by atoms with Crippen LogP contribution in [0, 0.1) is 5.92 Å². The molecule has 1 aromatic rings. The average molecular weight is 426 g/mol. The third-order valence-corrected chi connectivity index (χ3v) is 4.60. The fourth-order valence-corrected chi connectivity index (χ4v) is 2.64. The van der Waals surface area contributed by atoms with Gasteiger partial charge in [-0.25, -0.2) is 4.79 Å². The summed E-state index contributed by atoms with van der Waals surface area (Å²) in [6.45, 7) is 0.111. The lowest BCUT2D eigenvalue weighted by Gasteiger charge is -2.14. The van der Waals surface area contributed by atoms with E-state index in [9.17, 15) is 19.2 Å². The Hall–Kier alpha value is -2.63. The van der Waals surface area contributed by atoms with E-state index in [1.54, 1.807) is 24.3 Å². The molecule has 0 fully saturated rings. The summed E-state index contributed by atoms with van der Waals surface area (Å²) in [5, 5.41) is 2.49. The first-order valence-corrected chi connectivity index (χ1v) is 9.55. The standard InChI is InChI=1S/C18H27N5O5S/c19-13(15(24)8-11(9-29)16(21)25)5-6-23-18(27)28-12-3-1-10(2-4-12)7-14(20)17(22)26/h1-4,11,13-14,29H,5-9,19-20H2,(H2,21,25)(H2,22,26)(H,23,27)/t11-,13-,14-/m0/s1. The Kier molecular flexibility index (Phi) is 10.1. The van der Waals surface area contributed by atoms with E-state index in [0.29, 0.717) is 0 Å². The van der Waals surface area contributed by atoms with Crippen LogP contribution in [0.3, 0.4) is 0 Å². The third-order valence-electron chi connectivity index (χ3n) is 4.16. The molecule has 29 heavy (non-hydrogen) atoms. The van der Waals surface area contributed by atoms with Gasteiger partial charge in [0.1, 0.15) is 11.5 Å². The van der Waals surface area contributed by atoms with Gasteiger partial charge in [-0.3, -0.25) is 14.4 Å². The molecule has 0 saturated carbocycles. The Labute approximate surface area is 174 Å². The van der Waals surface area contributed by atoms with Crippen molar-refractivity contribution in [3.63, 3.8) is 0 Å². The zero-order valence-electron chi connectivity index (χ0n) is 15.9. The minimum atomic E-state index is -0.842. The average Bonchev–Trinajstić information content (AvgIpc) is 2.66. The molecule has 160 valence electrons. The normalized spacial score (nSPS) is 13.8. The minimum Gasteiger partial charge on any atom is -0.410 e. The quantitative estimate of drug-likeness (QED) is 0.227. The van der Waals surface area contributed by atoms with Crippen LogP contribution in [0.25, 0.3) is 0 Å². The van der Waals surface area contributed by atoms with Gasteiger partial charge in [-0.1, -0.05) is 12.1 Å². The summed E-state index contributed by atoms with van der Waals surface area (Å²) in [6, 6.07) is 4.81. The fourth-order valence-electron chi connectivity index (χ4n) is 2.33. The number of rotatable bonds is 12. The summed E-state index contributed by atoms with van der Waals surface area (Å²) in [5.41, 5.74) is 22.4. The molecule has 0 saturated heterocycles. The van der Waals surface area contributed by atoms with E-state index < -0.39 is 35.9 Å². The first kappa shape index (κ1) is 24.4. The van der Waals surface area contributed by atoms with Crippen LogP contribution in [-0.4, -0.2) is 48.1 Å². The lowest BCUT2D eigenvalue weighted by Crippen LogP contribution is -2.38. The van der Waals surface area contributed by atoms with E-state index in [2.05, 4.69) is 17.9 Å². The van der Waals surface area contributed by atoms with Crippen molar-refractivity contribution in [1.29, 1.82) is 0 Å². The van der Waals surface area contributed by atoms with Gasteiger partial charge in [0.05, 0.1) is 18.0 Å². The van der Waals surface area contributed by atoms with Gasteiger partial charge >= 0.3 is 6.09 Å². The maximum atomic E-state index is 12.0. The molecule has 1 rings (SSSR count). The van der Waals surface area contributed by atoms with E-state index in [-0.39, 0.29) is 43.1 Å². The van der Waals surface area contributed by atoms with Crippen LogP contribution in [0.15, 0.2) is 24.3 Å². The van der Waals surface area contributed by atoms with Crippen molar-refractivity contribution < 1.29 is 23.9 Å². The number of nitrogens with two attached hydrogens (primary N) is 4. The third kappa shape index (κ3) is 8.94. The lowest BCUT2D eigenvalue weighted by molar-refractivity contribution is -0.127. The number of carbonyl (C=O) groups excluding carboxylic acids is 4. The fraction of sp³-hybridized carbons (Fsp3) is 0.444. The van der Waals surface area contributed by atoms with Gasteiger partial charge in [0.2, 0.25) is 11.8 Å². The molecule has 0 aromatic heterocycles. The van der Waals surface area contributed by atoms with E-state index in [4.69, 9.17) is 27.7 Å². The van der Waals surface area contributed by atoms with Gasteiger partial charge in [-0.15, -0.1) is 0 Å². The highest BCUT2D eigenvalue weighted by molar-refractivity contribution is 7.80. The zero-order valence-corrected chi connectivity index (χ0v) is 16.8. The number of primary amides is 2. The van der Waals surface area contributed by atoms with Gasteiger partial charge in [0.15, 0.2) is 0 Å². The molecule has 11 heteroatoms. The number of Topliss-reactive ketones (excluding diaryl/α,β-unsaturated/α-hetero) is 1. The lowest BCUT2D eigenvalue weighted by atomic mass is 9.98. The smallest absolute Gasteiger partial charge is 0.410 e. The molecule has 0 heterocycles. The van der Waals surface area contributed by atoms with Crippen molar-refractivity contribution in [1.82, 2.24) is 5.32 Å². The molecule has 0 aliphatic rings. The Bertz CT molecular complexity index is 728. The van der Waals surface area contributed by atoms with Crippen molar-refractivity contribution in [3.8, 4) is 5.75 Å². The van der Waals surface area contributed by atoms with E-state index in [1.807, 2.05) is 0 Å². The number of nitrogens with one attached hydrogen (secondary N) is 1. The van der Waals surface area contributed by atoms with E-state index in [1.165, 1.54) is 0 Å². The van der Waals surface area contributed by atoms with Crippen LogP contribution < -0.4 is 33.0 Å². The molecule has 0 radical (unpaired) electrons. The second kappa shape index (κ2) is 12.0. The Balaban J connectivity index is 2.39. The second-order valence-electron chi connectivity index (χ2n) is 6.52. The van der Waals surface area contributed by atoms with Gasteiger partial charge in [-0.2, -0.15) is 12.6 Å². The Morgan fingerprint density at radius 2 is 1.62 bits per heavy atom.